The predicted octanol–water partition coefficient (Wildman–Crippen LogP) is 5.09. The normalized spacial score (nSPS) is 17.4. The molecule has 1 atom stereocenters. The number of thiophene rings is 1. The van der Waals surface area contributed by atoms with Crippen molar-refractivity contribution in [1.29, 1.82) is 0 Å². The van der Waals surface area contributed by atoms with Crippen LogP contribution in [-0.2, 0) is 20.9 Å². The first kappa shape index (κ1) is 23.7. The van der Waals surface area contributed by atoms with E-state index in [0.717, 1.165) is 16.0 Å². The number of rotatable bonds is 9. The van der Waals surface area contributed by atoms with Crippen LogP contribution in [-0.4, -0.2) is 42.0 Å². The van der Waals surface area contributed by atoms with E-state index < -0.39 is 17.7 Å². The van der Waals surface area contributed by atoms with Gasteiger partial charge in [-0.3, -0.25) is 9.59 Å². The molecule has 1 aromatic heterocycles. The minimum atomic E-state index is -0.669. The van der Waals surface area contributed by atoms with E-state index in [4.69, 9.17) is 9.47 Å². The number of benzene rings is 2. The third-order valence-electron chi connectivity index (χ3n) is 5.80. The predicted molar refractivity (Wildman–Crippen MR) is 132 cm³/mol. The van der Waals surface area contributed by atoms with Crippen LogP contribution in [0.4, 0.5) is 0 Å². The Morgan fingerprint density at radius 2 is 1.88 bits per heavy atom. The second kappa shape index (κ2) is 10.7. The molecule has 0 bridgehead atoms. The highest BCUT2D eigenvalue weighted by Crippen LogP contribution is 2.41. The lowest BCUT2D eigenvalue weighted by atomic mass is 9.97. The van der Waals surface area contributed by atoms with Crippen LogP contribution in [0.1, 0.15) is 34.0 Å². The molecule has 1 saturated heterocycles. The van der Waals surface area contributed by atoms with Crippen molar-refractivity contribution < 1.29 is 24.2 Å². The van der Waals surface area contributed by atoms with E-state index in [9.17, 15) is 14.7 Å². The van der Waals surface area contributed by atoms with Crippen molar-refractivity contribution in [3.05, 3.63) is 93.2 Å². The van der Waals surface area contributed by atoms with Crippen LogP contribution >= 0.6 is 11.3 Å². The van der Waals surface area contributed by atoms with Gasteiger partial charge in [-0.1, -0.05) is 36.4 Å². The Labute approximate surface area is 203 Å². The number of aliphatic hydroxyl groups is 1. The van der Waals surface area contributed by atoms with Crippen LogP contribution in [0.3, 0.4) is 0 Å². The first-order valence-corrected chi connectivity index (χ1v) is 12.0. The number of Topliss-reactive ketones (excluding diaryl/α,β-unsaturated/α-hetero) is 1. The highest BCUT2D eigenvalue weighted by atomic mass is 32.1. The minimum Gasteiger partial charge on any atom is -0.507 e. The molecule has 1 amide bonds. The number of amides is 1. The molecule has 3 aromatic rings. The number of likely N-dealkylation sites (tertiary alicyclic amines) is 1. The van der Waals surface area contributed by atoms with Crippen LogP contribution in [0.5, 0.6) is 5.75 Å². The van der Waals surface area contributed by atoms with Gasteiger partial charge < -0.3 is 19.5 Å². The maximum absolute atomic E-state index is 13.0. The van der Waals surface area contributed by atoms with Crippen molar-refractivity contribution in [2.24, 2.45) is 0 Å². The maximum atomic E-state index is 13.0. The van der Waals surface area contributed by atoms with Crippen molar-refractivity contribution in [3.8, 4) is 5.75 Å². The molecule has 7 heteroatoms. The molecular weight excluding hydrogens is 450 g/mol. The van der Waals surface area contributed by atoms with Crippen molar-refractivity contribution in [2.75, 3.05) is 20.3 Å². The number of hydrogen-bond donors (Lipinski definition) is 1. The molecule has 2 heterocycles. The molecule has 0 radical (unpaired) electrons. The zero-order valence-corrected chi connectivity index (χ0v) is 20.0. The van der Waals surface area contributed by atoms with Crippen molar-refractivity contribution in [1.82, 2.24) is 4.90 Å². The summed E-state index contributed by atoms with van der Waals surface area (Å²) >= 11 is 1.45. The van der Waals surface area contributed by atoms with E-state index in [2.05, 4.69) is 0 Å². The van der Waals surface area contributed by atoms with Gasteiger partial charge in [0.05, 0.1) is 11.6 Å². The number of carbonyl (C=O) groups excluding carboxylic acids is 2. The Morgan fingerprint density at radius 1 is 1.09 bits per heavy atom. The largest absolute Gasteiger partial charge is 0.507 e. The van der Waals surface area contributed by atoms with Crippen LogP contribution < -0.4 is 4.74 Å². The van der Waals surface area contributed by atoms with E-state index in [-0.39, 0.29) is 11.3 Å². The SMILES string of the molecule is COCCCN1C(=O)C(=O)C(=C(O)c2ccc(OCc3ccccc3)cc2C)[C@H]1c1cccs1. The molecule has 6 nitrogen and oxygen atoms in total. The van der Waals surface area contributed by atoms with Crippen LogP contribution in [0.2, 0.25) is 0 Å². The molecular formula is C27H27NO5S. The number of methoxy groups -OCH3 is 1. The summed E-state index contributed by atoms with van der Waals surface area (Å²) in [5.41, 5.74) is 2.42. The summed E-state index contributed by atoms with van der Waals surface area (Å²) in [5, 5.41) is 13.2. The van der Waals surface area contributed by atoms with E-state index >= 15 is 0 Å². The highest BCUT2D eigenvalue weighted by molar-refractivity contribution is 7.10. The molecule has 4 rings (SSSR count). The second-order valence-corrected chi connectivity index (χ2v) is 9.08. The van der Waals surface area contributed by atoms with Gasteiger partial charge >= 0.3 is 0 Å². The molecule has 1 aliphatic rings. The third kappa shape index (κ3) is 4.90. The van der Waals surface area contributed by atoms with Crippen molar-refractivity contribution in [3.63, 3.8) is 0 Å². The zero-order chi connectivity index (χ0) is 24.1. The van der Waals surface area contributed by atoms with Gasteiger partial charge in [0.25, 0.3) is 11.7 Å². The lowest BCUT2D eigenvalue weighted by Crippen LogP contribution is -2.31. The smallest absolute Gasteiger partial charge is 0.295 e. The van der Waals surface area contributed by atoms with Crippen LogP contribution in [0, 0.1) is 6.92 Å². The van der Waals surface area contributed by atoms with Gasteiger partial charge in [-0.05, 0) is 54.1 Å². The van der Waals surface area contributed by atoms with E-state index in [1.54, 1.807) is 19.2 Å². The summed E-state index contributed by atoms with van der Waals surface area (Å²) in [6, 6.07) is 18.3. The van der Waals surface area contributed by atoms with Gasteiger partial charge in [0, 0.05) is 30.7 Å². The number of hydrogen-bond acceptors (Lipinski definition) is 6. The van der Waals surface area contributed by atoms with Gasteiger partial charge in [0.1, 0.15) is 18.1 Å². The zero-order valence-electron chi connectivity index (χ0n) is 19.2. The monoisotopic (exact) mass is 477 g/mol. The summed E-state index contributed by atoms with van der Waals surface area (Å²) in [5.74, 6) is -0.778. The van der Waals surface area contributed by atoms with Crippen molar-refractivity contribution >= 4 is 28.8 Å². The van der Waals surface area contributed by atoms with Gasteiger partial charge in [-0.2, -0.15) is 0 Å². The fraction of sp³-hybridized carbons (Fsp3) is 0.259. The fourth-order valence-corrected chi connectivity index (χ4v) is 4.96. The number of ketones is 1. The molecule has 0 spiro atoms. The lowest BCUT2D eigenvalue weighted by molar-refractivity contribution is -0.140. The molecule has 0 aliphatic carbocycles. The first-order valence-electron chi connectivity index (χ1n) is 11.1. The van der Waals surface area contributed by atoms with Crippen LogP contribution in [0.25, 0.3) is 5.76 Å². The van der Waals surface area contributed by atoms with Gasteiger partial charge in [-0.25, -0.2) is 0 Å². The Hall–Kier alpha value is -3.42. The Bertz CT molecular complexity index is 1190. The number of ether oxygens (including phenoxy) is 2. The molecule has 0 unspecified atom stereocenters. The lowest BCUT2D eigenvalue weighted by Gasteiger charge is -2.24. The summed E-state index contributed by atoms with van der Waals surface area (Å²) in [7, 11) is 1.60. The number of carbonyl (C=O) groups is 2. The second-order valence-electron chi connectivity index (χ2n) is 8.11. The fourth-order valence-electron chi connectivity index (χ4n) is 4.11. The Morgan fingerprint density at radius 3 is 2.56 bits per heavy atom. The summed E-state index contributed by atoms with van der Waals surface area (Å²) in [6.45, 7) is 3.11. The summed E-state index contributed by atoms with van der Waals surface area (Å²) < 4.78 is 11.0. The van der Waals surface area contributed by atoms with E-state index in [1.165, 1.54) is 16.2 Å². The molecule has 1 aliphatic heterocycles. The van der Waals surface area contributed by atoms with Crippen LogP contribution in [0.15, 0.2) is 71.6 Å². The minimum absolute atomic E-state index is 0.117. The molecule has 176 valence electrons. The first-order chi connectivity index (χ1) is 16.5. The topological polar surface area (TPSA) is 76.1 Å². The molecule has 2 aromatic carbocycles. The number of aryl methyl sites for hydroxylation is 1. The Kier molecular flexibility index (Phi) is 7.45. The molecule has 1 N–H and O–H groups in total. The maximum Gasteiger partial charge on any atom is 0.295 e. The Balaban J connectivity index is 1.65. The highest BCUT2D eigenvalue weighted by Gasteiger charge is 2.46. The summed E-state index contributed by atoms with van der Waals surface area (Å²) in [4.78, 5) is 28.3. The summed E-state index contributed by atoms with van der Waals surface area (Å²) in [6.07, 6.45) is 0.595. The standard InChI is InChI=1S/C27H27NO5S/c1-18-16-20(33-17-19-8-4-3-5-9-19)11-12-21(18)25(29)23-24(22-10-6-15-34-22)28(13-7-14-32-2)27(31)26(23)30/h3-6,8-12,15-16,24,29H,7,13-14,17H2,1-2H3/t24-/m1/s1. The van der Waals surface area contributed by atoms with Gasteiger partial charge in [-0.15, -0.1) is 11.3 Å². The quantitative estimate of drug-likeness (QED) is 0.201. The van der Waals surface area contributed by atoms with Crippen molar-refractivity contribution in [2.45, 2.75) is 26.0 Å². The number of aliphatic hydroxyl groups excluding tert-OH is 1. The average molecular weight is 478 g/mol. The number of nitrogens with zero attached hydrogens (tertiary/aromatic N) is 1. The van der Waals surface area contributed by atoms with Gasteiger partial charge in [0.2, 0.25) is 0 Å². The average Bonchev–Trinajstić information content (AvgIpc) is 3.46. The molecule has 34 heavy (non-hydrogen) atoms. The van der Waals surface area contributed by atoms with E-state index in [1.807, 2.05) is 60.8 Å². The van der Waals surface area contributed by atoms with Gasteiger partial charge in [0.15, 0.2) is 0 Å². The molecule has 0 saturated carbocycles. The third-order valence-corrected chi connectivity index (χ3v) is 6.73. The molecule has 1 fully saturated rings. The van der Waals surface area contributed by atoms with E-state index in [0.29, 0.717) is 37.5 Å².